The molecule has 12 heavy (non-hydrogen) atoms. The Balaban J connectivity index is 3.67. The van der Waals surface area contributed by atoms with Crippen molar-refractivity contribution < 1.29 is 8.42 Å². The van der Waals surface area contributed by atoms with Crippen molar-refractivity contribution in [2.75, 3.05) is 12.3 Å². The van der Waals surface area contributed by atoms with Crippen LogP contribution in [-0.2, 0) is 10.0 Å². The summed E-state index contributed by atoms with van der Waals surface area (Å²) in [4.78, 5) is 0. The minimum absolute atomic E-state index is 0.127. The Hall–Kier alpha value is -0.600. The highest BCUT2D eigenvalue weighted by molar-refractivity contribution is 7.89. The summed E-state index contributed by atoms with van der Waals surface area (Å²) in [6, 6.07) is 1.72. The summed E-state index contributed by atoms with van der Waals surface area (Å²) in [5.74, 6) is 0.127. The molecule has 0 saturated heterocycles. The van der Waals surface area contributed by atoms with E-state index in [-0.39, 0.29) is 12.3 Å². The van der Waals surface area contributed by atoms with Crippen LogP contribution in [-0.4, -0.2) is 20.7 Å². The zero-order chi connectivity index (χ0) is 9.45. The summed E-state index contributed by atoms with van der Waals surface area (Å²) in [6.45, 7) is 1.88. The fourth-order valence-corrected chi connectivity index (χ4v) is 1.77. The highest BCUT2D eigenvalue weighted by Gasteiger charge is 2.07. The van der Waals surface area contributed by atoms with Crippen molar-refractivity contribution >= 4 is 10.0 Å². The van der Waals surface area contributed by atoms with Gasteiger partial charge in [0.25, 0.3) is 0 Å². The standard InChI is InChI=1S/C7H14N2O2S/c1-2-3-4-7-12(10,11)9-6-5-8/h9H,2-4,6-7H2,1H3. The first-order valence-electron chi connectivity index (χ1n) is 3.96. The molecule has 5 heteroatoms. The van der Waals surface area contributed by atoms with Crippen molar-refractivity contribution in [2.24, 2.45) is 0 Å². The molecular formula is C7H14N2O2S. The molecule has 0 rings (SSSR count). The van der Waals surface area contributed by atoms with Gasteiger partial charge in [-0.2, -0.15) is 5.26 Å². The predicted molar refractivity (Wildman–Crippen MR) is 46.9 cm³/mol. The molecule has 0 fully saturated rings. The summed E-state index contributed by atoms with van der Waals surface area (Å²) in [6.07, 6.45) is 2.57. The van der Waals surface area contributed by atoms with Crippen molar-refractivity contribution in [1.29, 1.82) is 5.26 Å². The second kappa shape index (κ2) is 5.98. The lowest BCUT2D eigenvalue weighted by Crippen LogP contribution is -2.26. The number of hydrogen-bond donors (Lipinski definition) is 1. The number of unbranched alkanes of at least 4 members (excludes halogenated alkanes) is 2. The van der Waals surface area contributed by atoms with Gasteiger partial charge in [-0.05, 0) is 6.42 Å². The molecule has 0 aliphatic heterocycles. The Morgan fingerprint density at radius 3 is 2.58 bits per heavy atom. The predicted octanol–water partition coefficient (Wildman–Crippen LogP) is 0.620. The fraction of sp³-hybridized carbons (Fsp3) is 0.857. The maximum atomic E-state index is 11.0. The van der Waals surface area contributed by atoms with Crippen LogP contribution >= 0.6 is 0 Å². The molecule has 0 aromatic heterocycles. The van der Waals surface area contributed by atoms with Crippen molar-refractivity contribution in [3.8, 4) is 6.07 Å². The van der Waals surface area contributed by atoms with E-state index in [4.69, 9.17) is 5.26 Å². The molecule has 70 valence electrons. The fourth-order valence-electron chi connectivity index (χ4n) is 0.756. The van der Waals surface area contributed by atoms with E-state index in [1.807, 2.05) is 6.92 Å². The number of rotatable bonds is 6. The molecule has 0 aromatic carbocycles. The molecule has 0 unspecified atom stereocenters. The molecule has 4 nitrogen and oxygen atoms in total. The molecular weight excluding hydrogens is 176 g/mol. The van der Waals surface area contributed by atoms with E-state index in [2.05, 4.69) is 4.72 Å². The third-order valence-corrected chi connectivity index (χ3v) is 2.80. The van der Waals surface area contributed by atoms with E-state index < -0.39 is 10.0 Å². The van der Waals surface area contributed by atoms with Crippen LogP contribution in [0.2, 0.25) is 0 Å². The van der Waals surface area contributed by atoms with E-state index in [0.29, 0.717) is 6.42 Å². The van der Waals surface area contributed by atoms with Gasteiger partial charge in [-0.1, -0.05) is 19.8 Å². The van der Waals surface area contributed by atoms with Gasteiger partial charge in [0.05, 0.1) is 18.4 Å². The smallest absolute Gasteiger partial charge is 0.212 e. The van der Waals surface area contributed by atoms with Crippen LogP contribution in [0, 0.1) is 11.3 Å². The van der Waals surface area contributed by atoms with Gasteiger partial charge in [-0.3, -0.25) is 0 Å². The molecule has 0 atom stereocenters. The van der Waals surface area contributed by atoms with Gasteiger partial charge in [0.1, 0.15) is 0 Å². The molecule has 0 spiro atoms. The average Bonchev–Trinajstić information content (AvgIpc) is 2.01. The highest BCUT2D eigenvalue weighted by Crippen LogP contribution is 1.96. The first-order valence-corrected chi connectivity index (χ1v) is 5.62. The van der Waals surface area contributed by atoms with Crippen LogP contribution in [0.15, 0.2) is 0 Å². The van der Waals surface area contributed by atoms with E-state index in [9.17, 15) is 8.42 Å². The molecule has 1 N–H and O–H groups in total. The minimum Gasteiger partial charge on any atom is -0.212 e. The van der Waals surface area contributed by atoms with Crippen LogP contribution in [0.25, 0.3) is 0 Å². The average molecular weight is 190 g/mol. The molecule has 0 heterocycles. The molecule has 0 bridgehead atoms. The van der Waals surface area contributed by atoms with Crippen molar-refractivity contribution in [3.05, 3.63) is 0 Å². The van der Waals surface area contributed by atoms with Crippen molar-refractivity contribution in [3.63, 3.8) is 0 Å². The number of nitriles is 1. The first kappa shape index (κ1) is 11.4. The summed E-state index contributed by atoms with van der Waals surface area (Å²) in [5, 5.41) is 8.12. The Morgan fingerprint density at radius 1 is 1.42 bits per heavy atom. The van der Waals surface area contributed by atoms with Crippen LogP contribution in [0.3, 0.4) is 0 Å². The zero-order valence-electron chi connectivity index (χ0n) is 7.21. The van der Waals surface area contributed by atoms with Gasteiger partial charge in [0.15, 0.2) is 0 Å². The second-order valence-corrected chi connectivity index (χ2v) is 4.43. The van der Waals surface area contributed by atoms with E-state index >= 15 is 0 Å². The molecule has 0 radical (unpaired) electrons. The van der Waals surface area contributed by atoms with E-state index in [1.165, 1.54) is 0 Å². The van der Waals surface area contributed by atoms with Gasteiger partial charge in [0.2, 0.25) is 10.0 Å². The Kier molecular flexibility index (Phi) is 5.68. The minimum atomic E-state index is -3.19. The van der Waals surface area contributed by atoms with E-state index in [0.717, 1.165) is 12.8 Å². The quantitative estimate of drug-likeness (QED) is 0.493. The molecule has 0 aliphatic carbocycles. The highest BCUT2D eigenvalue weighted by atomic mass is 32.2. The number of nitrogens with zero attached hydrogens (tertiary/aromatic N) is 1. The lowest BCUT2D eigenvalue weighted by Gasteiger charge is -2.01. The van der Waals surface area contributed by atoms with Crippen LogP contribution in [0.4, 0.5) is 0 Å². The zero-order valence-corrected chi connectivity index (χ0v) is 8.02. The molecule has 0 aliphatic rings. The lowest BCUT2D eigenvalue weighted by molar-refractivity contribution is 0.581. The van der Waals surface area contributed by atoms with Gasteiger partial charge < -0.3 is 0 Å². The van der Waals surface area contributed by atoms with Crippen molar-refractivity contribution in [2.45, 2.75) is 26.2 Å². The van der Waals surface area contributed by atoms with Gasteiger partial charge >= 0.3 is 0 Å². The molecule has 0 saturated carbocycles. The Labute approximate surface area is 73.6 Å². The molecule has 0 amide bonds. The number of sulfonamides is 1. The van der Waals surface area contributed by atoms with Crippen LogP contribution in [0.1, 0.15) is 26.2 Å². The van der Waals surface area contributed by atoms with Crippen LogP contribution in [0.5, 0.6) is 0 Å². The Morgan fingerprint density at radius 2 is 2.08 bits per heavy atom. The van der Waals surface area contributed by atoms with Crippen LogP contribution < -0.4 is 4.72 Å². The maximum Gasteiger partial charge on any atom is 0.212 e. The lowest BCUT2D eigenvalue weighted by atomic mass is 10.3. The monoisotopic (exact) mass is 190 g/mol. The summed E-state index contributed by atoms with van der Waals surface area (Å²) >= 11 is 0. The summed E-state index contributed by atoms with van der Waals surface area (Å²) in [7, 11) is -3.19. The SMILES string of the molecule is CCCCCS(=O)(=O)NCC#N. The summed E-state index contributed by atoms with van der Waals surface area (Å²) in [5.41, 5.74) is 0. The van der Waals surface area contributed by atoms with Gasteiger partial charge in [0, 0.05) is 0 Å². The van der Waals surface area contributed by atoms with Gasteiger partial charge in [-0.15, -0.1) is 0 Å². The first-order chi connectivity index (χ1) is 5.62. The molecule has 0 aromatic rings. The third kappa shape index (κ3) is 6.13. The topological polar surface area (TPSA) is 70.0 Å². The largest absolute Gasteiger partial charge is 0.212 e. The van der Waals surface area contributed by atoms with Crippen molar-refractivity contribution in [1.82, 2.24) is 4.72 Å². The third-order valence-electron chi connectivity index (χ3n) is 1.39. The Bertz CT molecular complexity index is 241. The van der Waals surface area contributed by atoms with Gasteiger partial charge in [-0.25, -0.2) is 13.1 Å². The number of nitrogens with one attached hydrogen (secondary N) is 1. The summed E-state index contributed by atoms with van der Waals surface area (Å²) < 4.78 is 24.2. The second-order valence-electron chi connectivity index (χ2n) is 2.51. The van der Waals surface area contributed by atoms with E-state index in [1.54, 1.807) is 6.07 Å². The number of hydrogen-bond acceptors (Lipinski definition) is 3. The normalized spacial score (nSPS) is 11.0. The maximum absolute atomic E-state index is 11.0.